The van der Waals surface area contributed by atoms with E-state index in [9.17, 15) is 18.0 Å². The number of nitrogens with zero attached hydrogens (tertiary/aromatic N) is 1. The zero-order valence-electron chi connectivity index (χ0n) is 9.04. The zero-order chi connectivity index (χ0) is 13.0. The van der Waals surface area contributed by atoms with Crippen molar-refractivity contribution in [2.24, 2.45) is 5.73 Å². The maximum atomic E-state index is 13.6. The number of carbonyl (C=O) groups excluding carboxylic acids is 1. The van der Waals surface area contributed by atoms with Crippen molar-refractivity contribution in [3.05, 3.63) is 28.8 Å². The highest BCUT2D eigenvalue weighted by molar-refractivity contribution is 5.91. The van der Waals surface area contributed by atoms with Crippen LogP contribution >= 0.6 is 0 Å². The second kappa shape index (κ2) is 5.62. The molecule has 1 aromatic rings. The number of ether oxygens (including phenoxy) is 1. The molecule has 1 aromatic heterocycles. The lowest BCUT2D eigenvalue weighted by atomic mass is 10.1. The number of alkyl halides is 2. The summed E-state index contributed by atoms with van der Waals surface area (Å²) in [6.07, 6.45) is -2.28. The first kappa shape index (κ1) is 13.4. The Morgan fingerprint density at radius 3 is 2.71 bits per heavy atom. The number of hydrogen-bond acceptors (Lipinski definition) is 4. The Balaban J connectivity index is 3.31. The molecule has 0 saturated carbocycles. The summed E-state index contributed by atoms with van der Waals surface area (Å²) in [6, 6.07) is 0. The summed E-state index contributed by atoms with van der Waals surface area (Å²) in [5.41, 5.74) is 3.24. The summed E-state index contributed by atoms with van der Waals surface area (Å²) in [6.45, 7) is 1.19. The van der Waals surface area contributed by atoms with Gasteiger partial charge in [0.25, 0.3) is 6.43 Å². The highest BCUT2D eigenvalue weighted by atomic mass is 19.3. The minimum Gasteiger partial charge on any atom is -0.462 e. The van der Waals surface area contributed by atoms with Crippen molar-refractivity contribution in [3.8, 4) is 0 Å². The van der Waals surface area contributed by atoms with Gasteiger partial charge in [0.2, 0.25) is 0 Å². The van der Waals surface area contributed by atoms with E-state index in [-0.39, 0.29) is 18.8 Å². The Bertz CT molecular complexity index is 424. The molecule has 0 radical (unpaired) electrons. The highest BCUT2D eigenvalue weighted by Crippen LogP contribution is 2.27. The van der Waals surface area contributed by atoms with Crippen LogP contribution < -0.4 is 5.73 Å². The molecule has 0 aliphatic heterocycles. The topological polar surface area (TPSA) is 65.2 Å². The van der Waals surface area contributed by atoms with Crippen LogP contribution in [0.3, 0.4) is 0 Å². The van der Waals surface area contributed by atoms with Crippen LogP contribution in [-0.2, 0) is 11.3 Å². The van der Waals surface area contributed by atoms with Crippen LogP contribution in [0.1, 0.15) is 35.0 Å². The van der Waals surface area contributed by atoms with Crippen molar-refractivity contribution in [2.75, 3.05) is 6.61 Å². The van der Waals surface area contributed by atoms with E-state index in [1.54, 1.807) is 0 Å². The summed E-state index contributed by atoms with van der Waals surface area (Å²) in [7, 11) is 0. The van der Waals surface area contributed by atoms with Gasteiger partial charge in [-0.1, -0.05) is 0 Å². The fraction of sp³-hybridized carbons (Fsp3) is 0.400. The van der Waals surface area contributed by atoms with Crippen molar-refractivity contribution in [1.82, 2.24) is 4.98 Å². The highest BCUT2D eigenvalue weighted by Gasteiger charge is 2.26. The van der Waals surface area contributed by atoms with Crippen molar-refractivity contribution >= 4 is 5.97 Å². The van der Waals surface area contributed by atoms with Gasteiger partial charge in [0.05, 0.1) is 23.4 Å². The van der Waals surface area contributed by atoms with E-state index >= 15 is 0 Å². The normalized spacial score (nSPS) is 10.7. The van der Waals surface area contributed by atoms with E-state index in [4.69, 9.17) is 5.73 Å². The second-order valence-corrected chi connectivity index (χ2v) is 3.07. The predicted octanol–water partition coefficient (Wildman–Crippen LogP) is 1.79. The van der Waals surface area contributed by atoms with Gasteiger partial charge in [-0.3, -0.25) is 4.98 Å². The number of halogens is 3. The lowest BCUT2D eigenvalue weighted by Crippen LogP contribution is -2.14. The molecule has 17 heavy (non-hydrogen) atoms. The van der Waals surface area contributed by atoms with Crippen LogP contribution in [0.2, 0.25) is 0 Å². The molecule has 0 aliphatic rings. The number of aromatic nitrogens is 1. The molecule has 0 aromatic carbocycles. The van der Waals surface area contributed by atoms with Crippen LogP contribution in [0.25, 0.3) is 0 Å². The van der Waals surface area contributed by atoms with Crippen molar-refractivity contribution in [2.45, 2.75) is 19.9 Å². The van der Waals surface area contributed by atoms with E-state index in [0.717, 1.165) is 6.20 Å². The van der Waals surface area contributed by atoms with E-state index in [1.807, 2.05) is 0 Å². The fourth-order valence-electron chi connectivity index (χ4n) is 1.27. The van der Waals surface area contributed by atoms with Crippen molar-refractivity contribution in [3.63, 3.8) is 0 Å². The van der Waals surface area contributed by atoms with Crippen LogP contribution in [0.5, 0.6) is 0 Å². The van der Waals surface area contributed by atoms with E-state index in [1.165, 1.54) is 6.92 Å². The lowest BCUT2D eigenvalue weighted by Gasteiger charge is -2.10. The zero-order valence-corrected chi connectivity index (χ0v) is 9.04. The molecule has 0 unspecified atom stereocenters. The Kier molecular flexibility index (Phi) is 4.45. The molecular weight excluding hydrogens is 237 g/mol. The molecule has 0 atom stereocenters. The van der Waals surface area contributed by atoms with Crippen LogP contribution in [-0.4, -0.2) is 17.6 Å². The molecule has 0 amide bonds. The first-order chi connectivity index (χ1) is 8.02. The summed E-state index contributed by atoms with van der Waals surface area (Å²) in [4.78, 5) is 14.8. The molecule has 1 rings (SSSR count). The minimum absolute atomic E-state index is 0.00176. The number of rotatable bonds is 4. The third-order valence-electron chi connectivity index (χ3n) is 2.04. The van der Waals surface area contributed by atoms with Gasteiger partial charge in [0, 0.05) is 12.7 Å². The maximum absolute atomic E-state index is 13.6. The Hall–Kier alpha value is -1.63. The molecule has 94 valence electrons. The Labute approximate surface area is 95.6 Å². The number of carbonyl (C=O) groups is 1. The molecule has 0 fully saturated rings. The smallest absolute Gasteiger partial charge is 0.340 e. The summed E-state index contributed by atoms with van der Waals surface area (Å²) in [5.74, 6) is -2.29. The molecule has 0 aliphatic carbocycles. The first-order valence-corrected chi connectivity index (χ1v) is 4.85. The SMILES string of the molecule is CCOC(=O)c1cnc(CN)c(F)c1C(F)F. The summed E-state index contributed by atoms with van der Waals surface area (Å²) >= 11 is 0. The third-order valence-corrected chi connectivity index (χ3v) is 2.04. The van der Waals surface area contributed by atoms with Gasteiger partial charge in [-0.05, 0) is 6.92 Å². The molecule has 0 bridgehead atoms. The minimum atomic E-state index is -3.14. The van der Waals surface area contributed by atoms with E-state index in [2.05, 4.69) is 9.72 Å². The first-order valence-electron chi connectivity index (χ1n) is 4.85. The van der Waals surface area contributed by atoms with Gasteiger partial charge in [0.1, 0.15) is 0 Å². The Morgan fingerprint density at radius 1 is 1.59 bits per heavy atom. The van der Waals surface area contributed by atoms with Gasteiger partial charge in [-0.2, -0.15) is 0 Å². The molecule has 2 N–H and O–H groups in total. The molecule has 0 spiro atoms. The Morgan fingerprint density at radius 2 is 2.24 bits per heavy atom. The number of hydrogen-bond donors (Lipinski definition) is 1. The number of nitrogens with two attached hydrogens (primary N) is 1. The van der Waals surface area contributed by atoms with Crippen molar-refractivity contribution in [1.29, 1.82) is 0 Å². The summed E-state index contributed by atoms with van der Waals surface area (Å²) < 4.78 is 43.5. The fourth-order valence-corrected chi connectivity index (χ4v) is 1.27. The largest absolute Gasteiger partial charge is 0.462 e. The standard InChI is InChI=1S/C10H11F3N2O2/c1-2-17-10(16)5-4-15-6(3-14)8(11)7(5)9(12)13/h4,9H,2-3,14H2,1H3. The van der Waals surface area contributed by atoms with Gasteiger partial charge >= 0.3 is 5.97 Å². The lowest BCUT2D eigenvalue weighted by molar-refractivity contribution is 0.0512. The van der Waals surface area contributed by atoms with Gasteiger partial charge in [-0.25, -0.2) is 18.0 Å². The molecule has 0 saturated heterocycles. The van der Waals surface area contributed by atoms with E-state index < -0.39 is 29.3 Å². The third kappa shape index (κ3) is 2.73. The quantitative estimate of drug-likeness (QED) is 0.825. The average Bonchev–Trinajstić information content (AvgIpc) is 2.28. The van der Waals surface area contributed by atoms with E-state index in [0.29, 0.717) is 0 Å². The molecule has 1 heterocycles. The number of esters is 1. The second-order valence-electron chi connectivity index (χ2n) is 3.07. The van der Waals surface area contributed by atoms with Gasteiger partial charge < -0.3 is 10.5 Å². The molecular formula is C10H11F3N2O2. The predicted molar refractivity (Wildman–Crippen MR) is 53.0 cm³/mol. The van der Waals surface area contributed by atoms with Crippen LogP contribution in [0.4, 0.5) is 13.2 Å². The van der Waals surface area contributed by atoms with Gasteiger partial charge in [-0.15, -0.1) is 0 Å². The van der Waals surface area contributed by atoms with Crippen molar-refractivity contribution < 1.29 is 22.7 Å². The average molecular weight is 248 g/mol. The molecule has 4 nitrogen and oxygen atoms in total. The molecule has 7 heteroatoms. The maximum Gasteiger partial charge on any atom is 0.340 e. The summed E-state index contributed by atoms with van der Waals surface area (Å²) in [5, 5.41) is 0. The number of pyridine rings is 1. The van der Waals surface area contributed by atoms with Crippen LogP contribution in [0.15, 0.2) is 6.20 Å². The van der Waals surface area contributed by atoms with Gasteiger partial charge in [0.15, 0.2) is 5.82 Å². The van der Waals surface area contributed by atoms with Crippen LogP contribution in [0, 0.1) is 5.82 Å². The monoisotopic (exact) mass is 248 g/mol.